The molecule has 0 amide bonds. The van der Waals surface area contributed by atoms with Crippen LogP contribution in [0, 0.1) is 0 Å². The molecular formula is C16H20BrNOS. The molecule has 1 atom stereocenters. The Labute approximate surface area is 133 Å². The molecule has 20 heavy (non-hydrogen) atoms. The quantitative estimate of drug-likeness (QED) is 0.771. The van der Waals surface area contributed by atoms with Crippen molar-refractivity contribution in [3.05, 3.63) is 50.6 Å². The standard InChI is InChI=1S/C16H20BrNOS/c1-3-8-18-15(11-16-14(17)7-9-20-16)12-5-4-6-13(10-12)19-2/h4-7,9-10,15,18H,3,8,11H2,1-2H3. The molecular weight excluding hydrogens is 334 g/mol. The van der Waals surface area contributed by atoms with Crippen molar-refractivity contribution < 1.29 is 4.74 Å². The molecule has 1 heterocycles. The van der Waals surface area contributed by atoms with Gasteiger partial charge >= 0.3 is 0 Å². The summed E-state index contributed by atoms with van der Waals surface area (Å²) in [7, 11) is 1.71. The Kier molecular flexibility index (Phi) is 6.07. The molecule has 0 spiro atoms. The summed E-state index contributed by atoms with van der Waals surface area (Å²) in [5.41, 5.74) is 1.28. The number of halogens is 1. The molecule has 0 saturated carbocycles. The monoisotopic (exact) mass is 353 g/mol. The minimum absolute atomic E-state index is 0.319. The molecule has 1 N–H and O–H groups in total. The molecule has 1 unspecified atom stereocenters. The van der Waals surface area contributed by atoms with Crippen molar-refractivity contribution in [3.8, 4) is 5.75 Å². The third kappa shape index (κ3) is 4.08. The van der Waals surface area contributed by atoms with Gasteiger partial charge in [0.15, 0.2) is 0 Å². The Morgan fingerprint density at radius 1 is 1.35 bits per heavy atom. The van der Waals surface area contributed by atoms with E-state index in [0.717, 1.165) is 25.1 Å². The summed E-state index contributed by atoms with van der Waals surface area (Å²) in [4.78, 5) is 1.38. The van der Waals surface area contributed by atoms with E-state index in [9.17, 15) is 0 Å². The van der Waals surface area contributed by atoms with Crippen molar-refractivity contribution in [1.29, 1.82) is 0 Å². The molecule has 1 aromatic heterocycles. The van der Waals surface area contributed by atoms with Crippen LogP contribution in [0.3, 0.4) is 0 Å². The van der Waals surface area contributed by atoms with E-state index >= 15 is 0 Å². The summed E-state index contributed by atoms with van der Waals surface area (Å²) < 4.78 is 6.54. The lowest BCUT2D eigenvalue weighted by Crippen LogP contribution is -2.24. The zero-order chi connectivity index (χ0) is 14.4. The van der Waals surface area contributed by atoms with E-state index in [1.165, 1.54) is 14.9 Å². The van der Waals surface area contributed by atoms with Crippen molar-refractivity contribution >= 4 is 27.3 Å². The number of methoxy groups -OCH3 is 1. The van der Waals surface area contributed by atoms with E-state index in [0.29, 0.717) is 6.04 Å². The molecule has 2 aromatic rings. The van der Waals surface area contributed by atoms with Gasteiger partial charge in [-0.1, -0.05) is 19.1 Å². The largest absolute Gasteiger partial charge is 0.497 e. The highest BCUT2D eigenvalue weighted by Crippen LogP contribution is 2.29. The van der Waals surface area contributed by atoms with E-state index in [2.05, 4.69) is 57.8 Å². The number of ether oxygens (including phenoxy) is 1. The number of nitrogens with one attached hydrogen (secondary N) is 1. The summed E-state index contributed by atoms with van der Waals surface area (Å²) >= 11 is 5.42. The first kappa shape index (κ1) is 15.5. The molecule has 0 aliphatic heterocycles. The third-order valence-electron chi connectivity index (χ3n) is 3.22. The fourth-order valence-electron chi connectivity index (χ4n) is 2.14. The minimum atomic E-state index is 0.319. The number of rotatable bonds is 7. The average molecular weight is 354 g/mol. The summed E-state index contributed by atoms with van der Waals surface area (Å²) in [6.45, 7) is 3.21. The van der Waals surface area contributed by atoms with Crippen LogP contribution < -0.4 is 10.1 Å². The van der Waals surface area contributed by atoms with Crippen LogP contribution in [-0.2, 0) is 6.42 Å². The van der Waals surface area contributed by atoms with E-state index < -0.39 is 0 Å². The second-order valence-electron chi connectivity index (χ2n) is 4.68. The normalized spacial score (nSPS) is 12.3. The first-order valence-electron chi connectivity index (χ1n) is 6.83. The molecule has 0 saturated heterocycles. The van der Waals surface area contributed by atoms with Crippen molar-refractivity contribution in [2.75, 3.05) is 13.7 Å². The third-order valence-corrected chi connectivity index (χ3v) is 5.17. The molecule has 108 valence electrons. The lowest BCUT2D eigenvalue weighted by molar-refractivity contribution is 0.413. The molecule has 4 heteroatoms. The zero-order valence-corrected chi connectivity index (χ0v) is 14.3. The van der Waals surface area contributed by atoms with Gasteiger partial charge in [0.25, 0.3) is 0 Å². The topological polar surface area (TPSA) is 21.3 Å². The molecule has 0 radical (unpaired) electrons. The van der Waals surface area contributed by atoms with Gasteiger partial charge in [0.05, 0.1) is 7.11 Å². The van der Waals surface area contributed by atoms with Crippen LogP contribution in [0.4, 0.5) is 0 Å². The maximum absolute atomic E-state index is 5.33. The highest BCUT2D eigenvalue weighted by molar-refractivity contribution is 9.10. The van der Waals surface area contributed by atoms with Gasteiger partial charge in [-0.15, -0.1) is 11.3 Å². The van der Waals surface area contributed by atoms with E-state index in [-0.39, 0.29) is 0 Å². The second kappa shape index (κ2) is 7.81. The number of benzene rings is 1. The number of hydrogen-bond acceptors (Lipinski definition) is 3. The van der Waals surface area contributed by atoms with Gasteiger partial charge in [-0.2, -0.15) is 0 Å². The number of hydrogen-bond donors (Lipinski definition) is 1. The first-order valence-corrected chi connectivity index (χ1v) is 8.51. The summed E-state index contributed by atoms with van der Waals surface area (Å²) in [6, 6.07) is 10.8. The van der Waals surface area contributed by atoms with Gasteiger partial charge < -0.3 is 10.1 Å². The molecule has 0 bridgehead atoms. The SMILES string of the molecule is CCCNC(Cc1sccc1Br)c1cccc(OC)c1. The van der Waals surface area contributed by atoms with Crippen LogP contribution in [0.15, 0.2) is 40.2 Å². The van der Waals surface area contributed by atoms with E-state index in [4.69, 9.17) is 4.74 Å². The summed E-state index contributed by atoms with van der Waals surface area (Å²) in [5.74, 6) is 0.913. The van der Waals surface area contributed by atoms with Crippen molar-refractivity contribution in [2.24, 2.45) is 0 Å². The fourth-order valence-corrected chi connectivity index (χ4v) is 3.70. The van der Waals surface area contributed by atoms with Crippen LogP contribution in [0.2, 0.25) is 0 Å². The summed E-state index contributed by atoms with van der Waals surface area (Å²) in [6.07, 6.45) is 2.12. The zero-order valence-electron chi connectivity index (χ0n) is 11.9. The lowest BCUT2D eigenvalue weighted by Gasteiger charge is -2.19. The predicted molar refractivity (Wildman–Crippen MR) is 89.8 cm³/mol. The van der Waals surface area contributed by atoms with Crippen molar-refractivity contribution in [1.82, 2.24) is 5.32 Å². The van der Waals surface area contributed by atoms with Crippen molar-refractivity contribution in [3.63, 3.8) is 0 Å². The van der Waals surface area contributed by atoms with Crippen LogP contribution in [0.1, 0.15) is 29.8 Å². The molecule has 2 nitrogen and oxygen atoms in total. The van der Waals surface area contributed by atoms with Crippen LogP contribution in [0.5, 0.6) is 5.75 Å². The van der Waals surface area contributed by atoms with E-state index in [1.807, 2.05) is 6.07 Å². The minimum Gasteiger partial charge on any atom is -0.497 e. The Morgan fingerprint density at radius 3 is 2.85 bits per heavy atom. The Balaban J connectivity index is 2.19. The summed E-state index contributed by atoms with van der Waals surface area (Å²) in [5, 5.41) is 5.76. The maximum Gasteiger partial charge on any atom is 0.119 e. The number of thiophene rings is 1. The second-order valence-corrected chi connectivity index (χ2v) is 6.53. The molecule has 0 aliphatic rings. The van der Waals surface area contributed by atoms with Crippen LogP contribution in [0.25, 0.3) is 0 Å². The van der Waals surface area contributed by atoms with Gasteiger partial charge in [0.1, 0.15) is 5.75 Å². The molecule has 1 aromatic carbocycles. The highest BCUT2D eigenvalue weighted by Gasteiger charge is 2.14. The smallest absolute Gasteiger partial charge is 0.119 e. The van der Waals surface area contributed by atoms with Gasteiger partial charge in [0.2, 0.25) is 0 Å². The Morgan fingerprint density at radius 2 is 2.20 bits per heavy atom. The van der Waals surface area contributed by atoms with E-state index in [1.54, 1.807) is 18.4 Å². The van der Waals surface area contributed by atoms with Crippen LogP contribution in [-0.4, -0.2) is 13.7 Å². The Bertz CT molecular complexity index is 541. The Hall–Kier alpha value is -0.840. The first-order chi connectivity index (χ1) is 9.74. The van der Waals surface area contributed by atoms with Crippen molar-refractivity contribution in [2.45, 2.75) is 25.8 Å². The van der Waals surface area contributed by atoms with Gasteiger partial charge in [-0.05, 0) is 58.0 Å². The average Bonchev–Trinajstić information content (AvgIpc) is 2.88. The highest BCUT2D eigenvalue weighted by atomic mass is 79.9. The van der Waals surface area contributed by atoms with Gasteiger partial charge in [-0.25, -0.2) is 0 Å². The predicted octanol–water partition coefficient (Wildman–Crippen LogP) is 4.80. The molecule has 0 aliphatic carbocycles. The molecule has 0 fully saturated rings. The van der Waals surface area contributed by atoms with Gasteiger partial charge in [-0.3, -0.25) is 0 Å². The maximum atomic E-state index is 5.33. The fraction of sp³-hybridized carbons (Fsp3) is 0.375. The molecule has 2 rings (SSSR count). The van der Waals surface area contributed by atoms with Crippen LogP contribution >= 0.6 is 27.3 Å². The lowest BCUT2D eigenvalue weighted by atomic mass is 10.0. The van der Waals surface area contributed by atoms with Gasteiger partial charge in [0, 0.05) is 21.8 Å².